The summed E-state index contributed by atoms with van der Waals surface area (Å²) < 4.78 is 24.7. The molecule has 156 valence electrons. The van der Waals surface area contributed by atoms with E-state index in [0.717, 1.165) is 22.1 Å². The highest BCUT2D eigenvalue weighted by atomic mass is 32.1. The molecule has 2 aromatic carbocycles. The molecule has 1 aliphatic rings. The number of carbonyl (C=O) groups excluding carboxylic acids is 1. The third-order valence-electron chi connectivity index (χ3n) is 4.52. The zero-order valence-electron chi connectivity index (χ0n) is 16.4. The van der Waals surface area contributed by atoms with Gasteiger partial charge in [0.15, 0.2) is 11.5 Å². The Kier molecular flexibility index (Phi) is 6.20. The molecule has 0 spiro atoms. The number of halogens is 1. The summed E-state index contributed by atoms with van der Waals surface area (Å²) in [5.41, 5.74) is 0.811. The molecule has 0 radical (unpaired) electrons. The van der Waals surface area contributed by atoms with Gasteiger partial charge >= 0.3 is 0 Å². The van der Waals surface area contributed by atoms with E-state index in [1.807, 2.05) is 31.3 Å². The average molecular weight is 428 g/mol. The fraction of sp³-hybridized carbons (Fsp3) is 0.286. The van der Waals surface area contributed by atoms with Gasteiger partial charge in [0.2, 0.25) is 5.01 Å². The van der Waals surface area contributed by atoms with Crippen molar-refractivity contribution in [2.75, 3.05) is 20.2 Å². The van der Waals surface area contributed by atoms with Crippen LogP contribution in [0.15, 0.2) is 48.5 Å². The molecule has 4 rings (SSSR count). The average Bonchev–Trinajstić information content (AvgIpc) is 3.21. The van der Waals surface area contributed by atoms with E-state index in [1.54, 1.807) is 12.1 Å². The van der Waals surface area contributed by atoms with Crippen LogP contribution in [0.5, 0.6) is 11.5 Å². The summed E-state index contributed by atoms with van der Waals surface area (Å²) in [5, 5.41) is 11.9. The van der Waals surface area contributed by atoms with Crippen LogP contribution < -0.4 is 14.8 Å². The van der Waals surface area contributed by atoms with E-state index in [-0.39, 0.29) is 17.8 Å². The Hall–Kier alpha value is -3.04. The van der Waals surface area contributed by atoms with E-state index in [1.165, 1.54) is 23.5 Å². The van der Waals surface area contributed by atoms with Gasteiger partial charge in [-0.1, -0.05) is 35.6 Å². The van der Waals surface area contributed by atoms with Crippen LogP contribution in [-0.2, 0) is 13.1 Å². The lowest BCUT2D eigenvalue weighted by Gasteiger charge is -2.29. The zero-order chi connectivity index (χ0) is 20.9. The maximum Gasteiger partial charge on any atom is 0.282 e. The third kappa shape index (κ3) is 5.11. The fourth-order valence-electron chi connectivity index (χ4n) is 3.07. The number of hydrogen-bond donors (Lipinski definition) is 1. The van der Waals surface area contributed by atoms with Crippen molar-refractivity contribution >= 4 is 17.2 Å². The molecule has 0 fully saturated rings. The minimum absolute atomic E-state index is 0.0868. The Morgan fingerprint density at radius 2 is 1.97 bits per heavy atom. The van der Waals surface area contributed by atoms with E-state index >= 15 is 0 Å². The number of rotatable bonds is 7. The number of aromatic nitrogens is 2. The van der Waals surface area contributed by atoms with Crippen molar-refractivity contribution < 1.29 is 18.7 Å². The van der Waals surface area contributed by atoms with Crippen molar-refractivity contribution in [1.29, 1.82) is 0 Å². The standard InChI is InChI=1S/C21H21FN4O3S/c1-26(11-16-13-28-17-4-2-3-5-18(17)29-16)12-19-24-25-21(30-19)20(27)23-10-14-6-8-15(22)9-7-14/h2-9,16H,10-13H2,1H3,(H,23,27). The summed E-state index contributed by atoms with van der Waals surface area (Å²) in [7, 11) is 1.96. The molecular weight excluding hydrogens is 407 g/mol. The zero-order valence-corrected chi connectivity index (χ0v) is 17.2. The van der Waals surface area contributed by atoms with Gasteiger partial charge in [0.1, 0.15) is 23.5 Å². The third-order valence-corrected chi connectivity index (χ3v) is 5.42. The van der Waals surface area contributed by atoms with Crippen molar-refractivity contribution in [3.8, 4) is 11.5 Å². The van der Waals surface area contributed by atoms with Gasteiger partial charge in [-0.3, -0.25) is 9.69 Å². The molecule has 7 nitrogen and oxygen atoms in total. The minimum atomic E-state index is -0.308. The number of fused-ring (bicyclic) bond motifs is 1. The normalized spacial score (nSPS) is 15.2. The summed E-state index contributed by atoms with van der Waals surface area (Å²) in [6, 6.07) is 13.6. The first kappa shape index (κ1) is 20.2. The molecule has 2 heterocycles. The number of nitrogens with zero attached hydrogens (tertiary/aromatic N) is 3. The first-order valence-corrected chi connectivity index (χ1v) is 10.3. The van der Waals surface area contributed by atoms with Gasteiger partial charge in [0.05, 0.1) is 6.54 Å². The van der Waals surface area contributed by atoms with Gasteiger partial charge in [-0.05, 0) is 36.9 Å². The second kappa shape index (κ2) is 9.19. The van der Waals surface area contributed by atoms with Crippen LogP contribution in [0.3, 0.4) is 0 Å². The highest BCUT2D eigenvalue weighted by molar-refractivity contribution is 7.13. The summed E-state index contributed by atoms with van der Waals surface area (Å²) in [6.45, 7) is 1.98. The highest BCUT2D eigenvalue weighted by Gasteiger charge is 2.22. The van der Waals surface area contributed by atoms with Crippen LogP contribution >= 0.6 is 11.3 Å². The number of nitrogens with one attached hydrogen (secondary N) is 1. The number of amides is 1. The maximum atomic E-state index is 12.9. The van der Waals surface area contributed by atoms with Crippen LogP contribution in [0, 0.1) is 5.82 Å². The Morgan fingerprint density at radius 1 is 1.20 bits per heavy atom. The van der Waals surface area contributed by atoms with Crippen LogP contribution in [-0.4, -0.2) is 47.3 Å². The van der Waals surface area contributed by atoms with Gasteiger partial charge < -0.3 is 14.8 Å². The van der Waals surface area contributed by atoms with E-state index in [4.69, 9.17) is 9.47 Å². The van der Waals surface area contributed by atoms with Crippen LogP contribution in [0.1, 0.15) is 20.4 Å². The molecule has 0 aliphatic carbocycles. The molecule has 1 aromatic heterocycles. The topological polar surface area (TPSA) is 76.6 Å². The quantitative estimate of drug-likeness (QED) is 0.624. The SMILES string of the molecule is CN(Cc1nnc(C(=O)NCc2ccc(F)cc2)s1)CC1COc2ccccc2O1. The predicted molar refractivity (Wildman–Crippen MR) is 110 cm³/mol. The number of likely N-dealkylation sites (N-methyl/N-ethyl adjacent to an activating group) is 1. The smallest absolute Gasteiger partial charge is 0.282 e. The number of carbonyl (C=O) groups is 1. The molecular formula is C21H21FN4O3S. The Bertz CT molecular complexity index is 1010. The first-order chi connectivity index (χ1) is 14.6. The molecule has 1 N–H and O–H groups in total. The second-order valence-electron chi connectivity index (χ2n) is 7.00. The Labute approximate surface area is 177 Å². The van der Waals surface area contributed by atoms with Crippen LogP contribution in [0.4, 0.5) is 4.39 Å². The van der Waals surface area contributed by atoms with Gasteiger partial charge in [-0.2, -0.15) is 0 Å². The second-order valence-corrected chi connectivity index (χ2v) is 8.07. The minimum Gasteiger partial charge on any atom is -0.486 e. The van der Waals surface area contributed by atoms with Gasteiger partial charge in [0, 0.05) is 13.1 Å². The largest absolute Gasteiger partial charge is 0.486 e. The van der Waals surface area contributed by atoms with Gasteiger partial charge in [-0.15, -0.1) is 10.2 Å². The van der Waals surface area contributed by atoms with Crippen molar-refractivity contribution in [3.63, 3.8) is 0 Å². The van der Waals surface area contributed by atoms with E-state index in [9.17, 15) is 9.18 Å². The van der Waals surface area contributed by atoms with Crippen molar-refractivity contribution in [2.45, 2.75) is 19.2 Å². The molecule has 9 heteroatoms. The molecule has 1 unspecified atom stereocenters. The molecule has 0 saturated carbocycles. The van der Waals surface area contributed by atoms with Gasteiger partial charge in [-0.25, -0.2) is 4.39 Å². The van der Waals surface area contributed by atoms with Crippen molar-refractivity contribution in [1.82, 2.24) is 20.4 Å². The van der Waals surface area contributed by atoms with E-state index in [2.05, 4.69) is 20.4 Å². The van der Waals surface area contributed by atoms with Crippen molar-refractivity contribution in [3.05, 3.63) is 69.9 Å². The summed E-state index contributed by atoms with van der Waals surface area (Å²) >= 11 is 1.25. The Balaban J connectivity index is 1.26. The molecule has 3 aromatic rings. The lowest BCUT2D eigenvalue weighted by atomic mass is 10.2. The number of para-hydroxylation sites is 2. The van der Waals surface area contributed by atoms with Crippen molar-refractivity contribution in [2.24, 2.45) is 0 Å². The van der Waals surface area contributed by atoms with Crippen LogP contribution in [0.25, 0.3) is 0 Å². The molecule has 1 atom stereocenters. The lowest BCUT2D eigenvalue weighted by Crippen LogP contribution is -2.39. The number of hydrogen-bond acceptors (Lipinski definition) is 7. The molecule has 1 aliphatic heterocycles. The maximum absolute atomic E-state index is 12.9. The molecule has 30 heavy (non-hydrogen) atoms. The fourth-order valence-corrected chi connectivity index (χ4v) is 3.90. The van der Waals surface area contributed by atoms with E-state index in [0.29, 0.717) is 31.2 Å². The predicted octanol–water partition coefficient (Wildman–Crippen LogP) is 2.88. The number of ether oxygens (including phenoxy) is 2. The highest BCUT2D eigenvalue weighted by Crippen LogP contribution is 2.31. The molecule has 0 saturated heterocycles. The monoisotopic (exact) mass is 428 g/mol. The Morgan fingerprint density at radius 3 is 2.77 bits per heavy atom. The molecule has 1 amide bonds. The van der Waals surface area contributed by atoms with E-state index < -0.39 is 0 Å². The summed E-state index contributed by atoms with van der Waals surface area (Å²) in [4.78, 5) is 14.3. The number of benzene rings is 2. The summed E-state index contributed by atoms with van der Waals surface area (Å²) in [5.74, 6) is 0.902. The first-order valence-electron chi connectivity index (χ1n) is 9.49. The van der Waals surface area contributed by atoms with Crippen LogP contribution in [0.2, 0.25) is 0 Å². The van der Waals surface area contributed by atoms with Gasteiger partial charge in [0.25, 0.3) is 5.91 Å². The lowest BCUT2D eigenvalue weighted by molar-refractivity contribution is 0.0637. The molecule has 0 bridgehead atoms. The summed E-state index contributed by atoms with van der Waals surface area (Å²) in [6.07, 6.45) is -0.0868.